The quantitative estimate of drug-likeness (QED) is 0.830. The lowest BCUT2D eigenvalue weighted by atomic mass is 9.86. The highest BCUT2D eigenvalue weighted by molar-refractivity contribution is 5.84. The highest BCUT2D eigenvalue weighted by Gasteiger charge is 2.19. The van der Waals surface area contributed by atoms with Gasteiger partial charge in [-0.05, 0) is 55.5 Å². The van der Waals surface area contributed by atoms with Crippen LogP contribution in [0.2, 0.25) is 0 Å². The van der Waals surface area contributed by atoms with E-state index in [2.05, 4.69) is 35.4 Å². The Hall–Kier alpha value is -1.28. The van der Waals surface area contributed by atoms with E-state index in [1.807, 2.05) is 6.20 Å². The molecule has 1 aromatic heterocycles. The number of rotatable bonds is 3. The van der Waals surface area contributed by atoms with Crippen LogP contribution < -0.4 is 5.32 Å². The topological polar surface area (TPSA) is 27.8 Å². The number of fused-ring (bicyclic) bond motifs is 3. The van der Waals surface area contributed by atoms with Crippen LogP contribution in [0.1, 0.15) is 30.9 Å². The fourth-order valence-corrected chi connectivity index (χ4v) is 2.92. The summed E-state index contributed by atoms with van der Waals surface area (Å²) in [4.78, 5) is 3.31. The van der Waals surface area contributed by atoms with E-state index in [1.54, 1.807) is 11.1 Å². The zero-order valence-electron chi connectivity index (χ0n) is 10.4. The number of benzene rings is 1. The maximum Gasteiger partial charge on any atom is 0.0456 e. The van der Waals surface area contributed by atoms with Gasteiger partial charge in [-0.3, -0.25) is 0 Å². The highest BCUT2D eigenvalue weighted by Crippen LogP contribution is 2.28. The number of aromatic nitrogens is 1. The lowest BCUT2D eigenvalue weighted by Crippen LogP contribution is -2.35. The van der Waals surface area contributed by atoms with E-state index >= 15 is 0 Å². The molecule has 0 radical (unpaired) electrons. The molecule has 0 saturated heterocycles. The molecule has 0 aliphatic heterocycles. The fraction of sp³-hybridized carbons (Fsp3) is 0.467. The Balaban J connectivity index is 1.91. The second-order valence-corrected chi connectivity index (χ2v) is 5.04. The first-order chi connectivity index (χ1) is 8.38. The average Bonchev–Trinajstić information content (AvgIpc) is 2.84. The van der Waals surface area contributed by atoms with Gasteiger partial charge in [0.1, 0.15) is 0 Å². The van der Waals surface area contributed by atoms with Gasteiger partial charge >= 0.3 is 0 Å². The monoisotopic (exact) mass is 228 g/mol. The predicted octanol–water partition coefficient (Wildman–Crippen LogP) is 3.02. The number of hydrogen-bond acceptors (Lipinski definition) is 1. The van der Waals surface area contributed by atoms with Crippen LogP contribution in [-0.2, 0) is 12.8 Å². The maximum absolute atomic E-state index is 3.66. The van der Waals surface area contributed by atoms with E-state index in [-0.39, 0.29) is 0 Å². The molecular weight excluding hydrogens is 208 g/mol. The molecule has 2 aromatic rings. The molecule has 1 heterocycles. The SMILES string of the molecule is CCCN[C@H]1CCc2ccc3[nH]ccc3c2C1. The second-order valence-electron chi connectivity index (χ2n) is 5.04. The summed E-state index contributed by atoms with van der Waals surface area (Å²) in [6, 6.07) is 7.40. The van der Waals surface area contributed by atoms with Crippen molar-refractivity contribution >= 4 is 10.9 Å². The molecule has 1 atom stereocenters. The molecular formula is C15H20N2. The summed E-state index contributed by atoms with van der Waals surface area (Å²) in [5.41, 5.74) is 4.38. The van der Waals surface area contributed by atoms with Gasteiger partial charge in [0.25, 0.3) is 0 Å². The standard InChI is InChI=1S/C15H20N2/c1-2-8-16-12-5-3-11-4-6-15-13(7-9-17-15)14(11)10-12/h4,6-7,9,12,16-17H,2-3,5,8,10H2,1H3/t12-/m0/s1. The lowest BCUT2D eigenvalue weighted by Gasteiger charge is -2.26. The van der Waals surface area contributed by atoms with E-state index in [4.69, 9.17) is 0 Å². The zero-order valence-corrected chi connectivity index (χ0v) is 10.4. The summed E-state index contributed by atoms with van der Waals surface area (Å²) in [6.45, 7) is 3.37. The first kappa shape index (κ1) is 10.8. The van der Waals surface area contributed by atoms with Crippen molar-refractivity contribution in [2.75, 3.05) is 6.54 Å². The molecule has 0 fully saturated rings. The minimum absolute atomic E-state index is 0.669. The Bertz CT molecular complexity index is 513. The van der Waals surface area contributed by atoms with Gasteiger partial charge in [0.05, 0.1) is 0 Å². The molecule has 1 aromatic carbocycles. The van der Waals surface area contributed by atoms with Crippen molar-refractivity contribution in [3.8, 4) is 0 Å². The van der Waals surface area contributed by atoms with Gasteiger partial charge in [-0.1, -0.05) is 13.0 Å². The molecule has 0 saturated carbocycles. The molecule has 1 aliphatic rings. The van der Waals surface area contributed by atoms with Crippen molar-refractivity contribution in [2.24, 2.45) is 0 Å². The van der Waals surface area contributed by atoms with Crippen molar-refractivity contribution in [3.63, 3.8) is 0 Å². The third kappa shape index (κ3) is 1.98. The average molecular weight is 228 g/mol. The predicted molar refractivity (Wildman–Crippen MR) is 72.4 cm³/mol. The summed E-state index contributed by atoms with van der Waals surface area (Å²) in [6.07, 6.45) is 6.96. The normalized spacial score (nSPS) is 19.5. The van der Waals surface area contributed by atoms with E-state index in [1.165, 1.54) is 36.6 Å². The molecule has 2 nitrogen and oxygen atoms in total. The van der Waals surface area contributed by atoms with E-state index < -0.39 is 0 Å². The Morgan fingerprint density at radius 1 is 1.35 bits per heavy atom. The molecule has 90 valence electrons. The first-order valence-corrected chi connectivity index (χ1v) is 6.69. The minimum atomic E-state index is 0.669. The van der Waals surface area contributed by atoms with Crippen molar-refractivity contribution in [3.05, 3.63) is 35.5 Å². The van der Waals surface area contributed by atoms with E-state index in [9.17, 15) is 0 Å². The Morgan fingerprint density at radius 3 is 3.18 bits per heavy atom. The van der Waals surface area contributed by atoms with Gasteiger partial charge in [-0.2, -0.15) is 0 Å². The number of H-pyrrole nitrogens is 1. The molecule has 0 amide bonds. The molecule has 0 unspecified atom stereocenters. The molecule has 3 rings (SSSR count). The van der Waals surface area contributed by atoms with Crippen LogP contribution in [0.5, 0.6) is 0 Å². The first-order valence-electron chi connectivity index (χ1n) is 6.69. The van der Waals surface area contributed by atoms with Gasteiger partial charge in [0, 0.05) is 23.1 Å². The van der Waals surface area contributed by atoms with Gasteiger partial charge < -0.3 is 10.3 Å². The Labute approximate surface area is 102 Å². The maximum atomic E-state index is 3.66. The highest BCUT2D eigenvalue weighted by atomic mass is 14.9. The zero-order chi connectivity index (χ0) is 11.7. The van der Waals surface area contributed by atoms with Crippen LogP contribution in [0.15, 0.2) is 24.4 Å². The molecule has 17 heavy (non-hydrogen) atoms. The summed E-state index contributed by atoms with van der Waals surface area (Å²) in [5.74, 6) is 0. The summed E-state index contributed by atoms with van der Waals surface area (Å²) in [5, 5.41) is 5.08. The van der Waals surface area contributed by atoms with Crippen molar-refractivity contribution in [1.82, 2.24) is 10.3 Å². The molecule has 0 bridgehead atoms. The lowest BCUT2D eigenvalue weighted by molar-refractivity contribution is 0.460. The van der Waals surface area contributed by atoms with Gasteiger partial charge in [-0.15, -0.1) is 0 Å². The second kappa shape index (κ2) is 4.53. The smallest absolute Gasteiger partial charge is 0.0456 e. The molecule has 1 aliphatic carbocycles. The summed E-state index contributed by atoms with van der Waals surface area (Å²) < 4.78 is 0. The third-order valence-corrected chi connectivity index (χ3v) is 3.84. The molecule has 2 heteroatoms. The van der Waals surface area contributed by atoms with E-state index in [0.717, 1.165) is 6.54 Å². The van der Waals surface area contributed by atoms with Crippen LogP contribution in [0.3, 0.4) is 0 Å². The van der Waals surface area contributed by atoms with Crippen molar-refractivity contribution in [1.29, 1.82) is 0 Å². The van der Waals surface area contributed by atoms with Crippen LogP contribution in [0.25, 0.3) is 10.9 Å². The van der Waals surface area contributed by atoms with Gasteiger partial charge in [-0.25, -0.2) is 0 Å². The fourth-order valence-electron chi connectivity index (χ4n) is 2.92. The minimum Gasteiger partial charge on any atom is -0.361 e. The number of aromatic amines is 1. The third-order valence-electron chi connectivity index (χ3n) is 3.84. The summed E-state index contributed by atoms with van der Waals surface area (Å²) >= 11 is 0. The van der Waals surface area contributed by atoms with Crippen molar-refractivity contribution < 1.29 is 0 Å². The van der Waals surface area contributed by atoms with Gasteiger partial charge in [0.15, 0.2) is 0 Å². The number of nitrogens with one attached hydrogen (secondary N) is 2. The van der Waals surface area contributed by atoms with Crippen LogP contribution in [-0.4, -0.2) is 17.6 Å². The van der Waals surface area contributed by atoms with Crippen molar-refractivity contribution in [2.45, 2.75) is 38.6 Å². The molecule has 2 N–H and O–H groups in total. The Kier molecular flexibility index (Phi) is 2.89. The number of aryl methyl sites for hydroxylation is 1. The molecule has 0 spiro atoms. The summed E-state index contributed by atoms with van der Waals surface area (Å²) in [7, 11) is 0. The van der Waals surface area contributed by atoms with Crippen LogP contribution in [0.4, 0.5) is 0 Å². The van der Waals surface area contributed by atoms with Crippen LogP contribution >= 0.6 is 0 Å². The van der Waals surface area contributed by atoms with Crippen LogP contribution in [0, 0.1) is 0 Å². The van der Waals surface area contributed by atoms with Gasteiger partial charge in [0.2, 0.25) is 0 Å². The Morgan fingerprint density at radius 2 is 2.29 bits per heavy atom. The number of hydrogen-bond donors (Lipinski definition) is 2. The van der Waals surface area contributed by atoms with E-state index in [0.29, 0.717) is 6.04 Å². The largest absolute Gasteiger partial charge is 0.361 e.